The van der Waals surface area contributed by atoms with Crippen molar-refractivity contribution in [3.63, 3.8) is 0 Å². The lowest BCUT2D eigenvalue weighted by molar-refractivity contribution is -0.137. The van der Waals surface area contributed by atoms with Gasteiger partial charge in [-0.2, -0.15) is 0 Å². The molecule has 2 aromatic heterocycles. The molecule has 0 unspecified atom stereocenters. The molecule has 3 heterocycles. The second-order valence-electron chi connectivity index (χ2n) is 6.92. The molecule has 0 atom stereocenters. The van der Waals surface area contributed by atoms with Gasteiger partial charge in [0.2, 0.25) is 0 Å². The summed E-state index contributed by atoms with van der Waals surface area (Å²) < 4.78 is 3.52. The van der Waals surface area contributed by atoms with Crippen molar-refractivity contribution in [2.45, 2.75) is 32.9 Å². The van der Waals surface area contributed by atoms with Crippen LogP contribution in [0.1, 0.15) is 38.4 Å². The number of benzene rings is 1. The Bertz CT molecular complexity index is 1040. The van der Waals surface area contributed by atoms with Gasteiger partial charge in [-0.1, -0.05) is 29.5 Å². The van der Waals surface area contributed by atoms with Crippen LogP contribution in [0.15, 0.2) is 36.7 Å². The topological polar surface area (TPSA) is 102 Å². The van der Waals surface area contributed by atoms with Gasteiger partial charge in [0, 0.05) is 37.0 Å². The summed E-state index contributed by atoms with van der Waals surface area (Å²) in [6.07, 6.45) is 4.63. The zero-order chi connectivity index (χ0) is 19.7. The van der Waals surface area contributed by atoms with Gasteiger partial charge in [-0.25, -0.2) is 4.68 Å². The van der Waals surface area contributed by atoms with Gasteiger partial charge < -0.3 is 15.0 Å². The molecular weight excluding hydrogens is 358 g/mol. The summed E-state index contributed by atoms with van der Waals surface area (Å²) in [7, 11) is 0. The molecule has 3 aromatic rings. The molecule has 4 rings (SSSR count). The molecular formula is C20H21N5O3. The number of carbonyl (C=O) groups excluding carboxylic acids is 1. The van der Waals surface area contributed by atoms with Crippen LogP contribution < -0.4 is 5.32 Å². The quantitative estimate of drug-likeness (QED) is 0.674. The molecule has 1 aliphatic heterocycles. The highest BCUT2D eigenvalue weighted by molar-refractivity contribution is 5.98. The van der Waals surface area contributed by atoms with Crippen molar-refractivity contribution in [2.75, 3.05) is 6.54 Å². The Morgan fingerprint density at radius 3 is 2.79 bits per heavy atom. The van der Waals surface area contributed by atoms with Gasteiger partial charge in [-0.3, -0.25) is 9.59 Å². The minimum atomic E-state index is -0.912. The molecule has 0 spiro atoms. The molecule has 1 amide bonds. The minimum absolute atomic E-state index is 0.128. The summed E-state index contributed by atoms with van der Waals surface area (Å²) in [5.41, 5.74) is 5.32. The van der Waals surface area contributed by atoms with Gasteiger partial charge >= 0.3 is 5.97 Å². The van der Waals surface area contributed by atoms with Crippen molar-refractivity contribution in [1.29, 1.82) is 0 Å². The molecule has 28 heavy (non-hydrogen) atoms. The van der Waals surface area contributed by atoms with Gasteiger partial charge in [0.15, 0.2) is 0 Å². The maximum absolute atomic E-state index is 12.6. The molecule has 144 valence electrons. The van der Waals surface area contributed by atoms with Crippen molar-refractivity contribution in [2.24, 2.45) is 0 Å². The summed E-state index contributed by atoms with van der Waals surface area (Å²) in [6.45, 7) is 2.86. The summed E-state index contributed by atoms with van der Waals surface area (Å²) in [4.78, 5) is 23.9. The van der Waals surface area contributed by atoms with Crippen LogP contribution in [0, 0.1) is 6.92 Å². The Kier molecular flexibility index (Phi) is 4.68. The molecule has 0 saturated carbocycles. The third kappa shape index (κ3) is 3.28. The fourth-order valence-corrected chi connectivity index (χ4v) is 3.90. The normalized spacial score (nSPS) is 13.2. The predicted molar refractivity (Wildman–Crippen MR) is 101 cm³/mol. The SMILES string of the molecule is Cc1c(Cc2ccccc2Cn2ccnn2)c2c(n1CC(=O)O)CCNC2=O. The Morgan fingerprint density at radius 2 is 2.07 bits per heavy atom. The first-order valence-corrected chi connectivity index (χ1v) is 9.16. The maximum atomic E-state index is 12.6. The zero-order valence-electron chi connectivity index (χ0n) is 15.6. The number of nitrogens with zero attached hydrogens (tertiary/aromatic N) is 4. The Hall–Kier alpha value is -3.42. The Labute approximate surface area is 161 Å². The second kappa shape index (κ2) is 7.30. The van der Waals surface area contributed by atoms with E-state index in [1.54, 1.807) is 21.6 Å². The standard InChI is InChI=1S/C20H21N5O3/c1-13-16(19-17(6-7-21-20(19)28)25(13)12-18(26)27)10-14-4-2-3-5-15(14)11-24-9-8-22-23-24/h2-5,8-9H,6-7,10-12H2,1H3,(H,21,28)(H,26,27). The first kappa shape index (κ1) is 18.0. The number of aromatic nitrogens is 4. The summed E-state index contributed by atoms with van der Waals surface area (Å²) in [6, 6.07) is 8.01. The second-order valence-corrected chi connectivity index (χ2v) is 6.92. The number of nitrogens with one attached hydrogen (secondary N) is 1. The molecule has 1 aromatic carbocycles. The van der Waals surface area contributed by atoms with Gasteiger partial charge in [0.1, 0.15) is 6.54 Å². The summed E-state index contributed by atoms with van der Waals surface area (Å²) >= 11 is 0. The largest absolute Gasteiger partial charge is 0.480 e. The third-order valence-corrected chi connectivity index (χ3v) is 5.22. The lowest BCUT2D eigenvalue weighted by Gasteiger charge is -2.16. The van der Waals surface area contributed by atoms with Crippen LogP contribution in [0.4, 0.5) is 0 Å². The van der Waals surface area contributed by atoms with Crippen LogP contribution in [0.2, 0.25) is 0 Å². The smallest absolute Gasteiger partial charge is 0.323 e. The fourth-order valence-electron chi connectivity index (χ4n) is 3.90. The van der Waals surface area contributed by atoms with Crippen molar-refractivity contribution < 1.29 is 14.7 Å². The molecule has 1 aliphatic rings. The number of fused-ring (bicyclic) bond motifs is 1. The highest BCUT2D eigenvalue weighted by Gasteiger charge is 2.29. The number of hydrogen-bond acceptors (Lipinski definition) is 4. The average molecular weight is 379 g/mol. The highest BCUT2D eigenvalue weighted by Crippen LogP contribution is 2.29. The van der Waals surface area contributed by atoms with Gasteiger partial charge in [-0.15, -0.1) is 5.10 Å². The molecule has 0 fully saturated rings. The third-order valence-electron chi connectivity index (χ3n) is 5.22. The van der Waals surface area contributed by atoms with E-state index in [1.165, 1.54) is 0 Å². The molecule has 0 bridgehead atoms. The van der Waals surface area contributed by atoms with Crippen LogP contribution >= 0.6 is 0 Å². The minimum Gasteiger partial charge on any atom is -0.480 e. The van der Waals surface area contributed by atoms with E-state index in [9.17, 15) is 14.7 Å². The highest BCUT2D eigenvalue weighted by atomic mass is 16.4. The van der Waals surface area contributed by atoms with Gasteiger partial charge in [0.25, 0.3) is 5.91 Å². The Morgan fingerprint density at radius 1 is 1.29 bits per heavy atom. The number of carboxylic acid groups (broad SMARTS) is 1. The molecule has 8 nitrogen and oxygen atoms in total. The first-order chi connectivity index (χ1) is 13.5. The van der Waals surface area contributed by atoms with Crippen molar-refractivity contribution in [1.82, 2.24) is 24.9 Å². The van der Waals surface area contributed by atoms with Crippen LogP contribution in [-0.2, 0) is 30.7 Å². The number of carbonyl (C=O) groups is 2. The summed E-state index contributed by atoms with van der Waals surface area (Å²) in [5.74, 6) is -1.04. The van der Waals surface area contributed by atoms with Crippen molar-refractivity contribution in [3.05, 3.63) is 70.3 Å². The lowest BCUT2D eigenvalue weighted by atomic mass is 9.95. The van der Waals surface area contributed by atoms with E-state index >= 15 is 0 Å². The number of carboxylic acids is 1. The van der Waals surface area contributed by atoms with Crippen molar-refractivity contribution >= 4 is 11.9 Å². The van der Waals surface area contributed by atoms with E-state index < -0.39 is 5.97 Å². The first-order valence-electron chi connectivity index (χ1n) is 9.16. The number of hydrogen-bond donors (Lipinski definition) is 2. The molecule has 0 aliphatic carbocycles. The van der Waals surface area contributed by atoms with Crippen LogP contribution in [-0.4, -0.2) is 43.1 Å². The van der Waals surface area contributed by atoms with E-state index in [4.69, 9.17) is 0 Å². The van der Waals surface area contributed by atoms with Crippen molar-refractivity contribution in [3.8, 4) is 0 Å². The monoisotopic (exact) mass is 379 g/mol. The average Bonchev–Trinajstić information content (AvgIpc) is 3.26. The van der Waals surface area contributed by atoms with E-state index in [1.807, 2.05) is 31.2 Å². The van der Waals surface area contributed by atoms with Crippen LogP contribution in [0.3, 0.4) is 0 Å². The summed E-state index contributed by atoms with van der Waals surface area (Å²) in [5, 5.41) is 20.1. The zero-order valence-corrected chi connectivity index (χ0v) is 15.6. The van der Waals surface area contributed by atoms with Gasteiger partial charge in [-0.05, 0) is 23.6 Å². The number of rotatable bonds is 6. The fraction of sp³-hybridized carbons (Fsp3) is 0.300. The van der Waals surface area contributed by atoms with E-state index in [-0.39, 0.29) is 12.5 Å². The van der Waals surface area contributed by atoms with E-state index in [2.05, 4.69) is 15.6 Å². The Balaban J connectivity index is 1.76. The van der Waals surface area contributed by atoms with E-state index in [0.29, 0.717) is 31.5 Å². The molecule has 8 heteroatoms. The molecule has 0 saturated heterocycles. The molecule has 0 radical (unpaired) electrons. The predicted octanol–water partition coefficient (Wildman–Crippen LogP) is 1.40. The van der Waals surface area contributed by atoms with Crippen LogP contribution in [0.5, 0.6) is 0 Å². The number of aliphatic carboxylic acids is 1. The van der Waals surface area contributed by atoms with Crippen LogP contribution in [0.25, 0.3) is 0 Å². The molecule has 2 N–H and O–H groups in total. The lowest BCUT2D eigenvalue weighted by Crippen LogP contribution is -2.33. The van der Waals surface area contributed by atoms with E-state index in [0.717, 1.165) is 28.1 Å². The van der Waals surface area contributed by atoms with Gasteiger partial charge in [0.05, 0.1) is 18.3 Å². The maximum Gasteiger partial charge on any atom is 0.323 e. The number of amides is 1.